The van der Waals surface area contributed by atoms with Crippen LogP contribution in [0.3, 0.4) is 0 Å². The molecule has 8 heteroatoms. The predicted molar refractivity (Wildman–Crippen MR) is 73.9 cm³/mol. The number of rotatable bonds is 4. The number of hydrogen-bond donors (Lipinski definition) is 0. The zero-order chi connectivity index (χ0) is 14.2. The van der Waals surface area contributed by atoms with E-state index >= 15 is 0 Å². The van der Waals surface area contributed by atoms with Crippen molar-refractivity contribution in [3.8, 4) is 10.8 Å². The number of furan rings is 1. The van der Waals surface area contributed by atoms with E-state index in [2.05, 4.69) is 9.97 Å². The van der Waals surface area contributed by atoms with Gasteiger partial charge in [-0.2, -0.15) is 0 Å². The first kappa shape index (κ1) is 13.1. The van der Waals surface area contributed by atoms with E-state index in [0.717, 1.165) is 0 Å². The van der Waals surface area contributed by atoms with E-state index in [9.17, 15) is 8.42 Å². The van der Waals surface area contributed by atoms with E-state index < -0.39 is 9.84 Å². The minimum Gasteiger partial charge on any atom is -0.462 e. The van der Waals surface area contributed by atoms with Crippen LogP contribution in [0.15, 0.2) is 45.7 Å². The topological polar surface area (TPSA) is 78.0 Å². The van der Waals surface area contributed by atoms with Crippen LogP contribution in [0.25, 0.3) is 10.8 Å². The third-order valence-electron chi connectivity index (χ3n) is 2.68. The molecule has 3 aromatic rings. The Morgan fingerprint density at radius 3 is 2.95 bits per heavy atom. The second-order valence-corrected chi connectivity index (χ2v) is 6.94. The Hall–Kier alpha value is -1.93. The Kier molecular flexibility index (Phi) is 3.19. The number of aryl methyl sites for hydroxylation is 1. The first-order valence-corrected chi connectivity index (χ1v) is 8.28. The van der Waals surface area contributed by atoms with Crippen LogP contribution < -0.4 is 0 Å². The molecule has 0 fully saturated rings. The molecule has 0 radical (unpaired) electrons. The minimum absolute atomic E-state index is 0.0463. The predicted octanol–water partition coefficient (Wildman–Crippen LogP) is 2.11. The summed E-state index contributed by atoms with van der Waals surface area (Å²) in [4.78, 5) is 8.16. The molecule has 0 aliphatic heterocycles. The quantitative estimate of drug-likeness (QED) is 0.737. The van der Waals surface area contributed by atoms with Crippen molar-refractivity contribution in [1.82, 2.24) is 14.5 Å². The van der Waals surface area contributed by atoms with Gasteiger partial charge in [-0.25, -0.2) is 18.4 Å². The third kappa shape index (κ3) is 2.39. The summed E-state index contributed by atoms with van der Waals surface area (Å²) in [6.07, 6.45) is 4.62. The molecule has 0 amide bonds. The summed E-state index contributed by atoms with van der Waals surface area (Å²) in [6.45, 7) is 0. The zero-order valence-corrected chi connectivity index (χ0v) is 12.2. The lowest BCUT2D eigenvalue weighted by molar-refractivity contribution is 0.576. The molecule has 0 bridgehead atoms. The number of sulfone groups is 1. The maximum absolute atomic E-state index is 12.2. The molecule has 0 spiro atoms. The van der Waals surface area contributed by atoms with Gasteiger partial charge in [-0.15, -0.1) is 11.3 Å². The lowest BCUT2D eigenvalue weighted by Crippen LogP contribution is -2.11. The summed E-state index contributed by atoms with van der Waals surface area (Å²) in [5.41, 5.74) is 0.490. The van der Waals surface area contributed by atoms with Gasteiger partial charge in [0.25, 0.3) is 0 Å². The van der Waals surface area contributed by atoms with Gasteiger partial charge in [0.1, 0.15) is 5.75 Å². The van der Waals surface area contributed by atoms with Crippen LogP contribution in [0.1, 0.15) is 5.69 Å². The van der Waals surface area contributed by atoms with Crippen molar-refractivity contribution in [2.75, 3.05) is 0 Å². The average molecular weight is 309 g/mol. The lowest BCUT2D eigenvalue weighted by atomic mass is 10.5. The highest BCUT2D eigenvalue weighted by Gasteiger charge is 2.22. The smallest absolute Gasteiger partial charge is 0.227 e. The maximum atomic E-state index is 12.2. The van der Waals surface area contributed by atoms with Gasteiger partial charge in [0, 0.05) is 24.8 Å². The zero-order valence-electron chi connectivity index (χ0n) is 10.6. The summed E-state index contributed by atoms with van der Waals surface area (Å²) in [6, 6.07) is 3.55. The van der Waals surface area contributed by atoms with E-state index in [1.165, 1.54) is 22.1 Å². The Labute approximate surface area is 119 Å². The molecular formula is C12H11N3O3S2. The second-order valence-electron chi connectivity index (χ2n) is 4.20. The van der Waals surface area contributed by atoms with Crippen molar-refractivity contribution in [3.63, 3.8) is 0 Å². The maximum Gasteiger partial charge on any atom is 0.227 e. The Bertz CT molecular complexity index is 816. The number of hydrogen-bond acceptors (Lipinski definition) is 6. The molecule has 0 atom stereocenters. The van der Waals surface area contributed by atoms with Crippen molar-refractivity contribution < 1.29 is 12.8 Å². The van der Waals surface area contributed by atoms with Crippen LogP contribution in [0.4, 0.5) is 0 Å². The molecule has 0 aliphatic carbocycles. The molecule has 0 N–H and O–H groups in total. The monoisotopic (exact) mass is 309 g/mol. The molecule has 3 rings (SSSR count). The van der Waals surface area contributed by atoms with Crippen LogP contribution in [-0.4, -0.2) is 23.0 Å². The fraction of sp³-hybridized carbons (Fsp3) is 0.167. The highest BCUT2D eigenvalue weighted by molar-refractivity contribution is 7.90. The van der Waals surface area contributed by atoms with Crippen LogP contribution in [-0.2, 0) is 22.6 Å². The summed E-state index contributed by atoms with van der Waals surface area (Å²) in [7, 11) is -1.84. The number of nitrogens with zero attached hydrogens (tertiary/aromatic N) is 3. The Balaban J connectivity index is 1.87. The van der Waals surface area contributed by atoms with E-state index in [4.69, 9.17) is 4.42 Å². The van der Waals surface area contributed by atoms with E-state index in [0.29, 0.717) is 16.5 Å². The van der Waals surface area contributed by atoms with Crippen LogP contribution in [0, 0.1) is 0 Å². The average Bonchev–Trinajstić information content (AvgIpc) is 3.06. The summed E-state index contributed by atoms with van der Waals surface area (Å²) < 4.78 is 31.2. The molecule has 20 heavy (non-hydrogen) atoms. The molecule has 0 aliphatic rings. The Morgan fingerprint density at radius 2 is 2.30 bits per heavy atom. The Morgan fingerprint density at radius 1 is 1.45 bits per heavy atom. The van der Waals surface area contributed by atoms with Crippen LogP contribution >= 0.6 is 11.3 Å². The number of imidazole rings is 1. The molecule has 0 saturated heterocycles. The summed E-state index contributed by atoms with van der Waals surface area (Å²) in [5, 5.41) is 2.43. The van der Waals surface area contributed by atoms with Gasteiger partial charge in [0.2, 0.25) is 15.0 Å². The van der Waals surface area contributed by atoms with E-state index in [1.54, 1.807) is 37.0 Å². The lowest BCUT2D eigenvalue weighted by Gasteiger charge is -2.01. The fourth-order valence-corrected chi connectivity index (χ4v) is 4.08. The summed E-state index contributed by atoms with van der Waals surface area (Å²) >= 11 is 1.35. The van der Waals surface area contributed by atoms with Gasteiger partial charge in [-0.3, -0.25) is 0 Å². The van der Waals surface area contributed by atoms with E-state index in [1.807, 2.05) is 0 Å². The van der Waals surface area contributed by atoms with Gasteiger partial charge >= 0.3 is 0 Å². The SMILES string of the molecule is Cn1ccnc1S(=O)(=O)Cc1csc(-c2ccco2)n1. The van der Waals surface area contributed by atoms with Crippen molar-refractivity contribution in [2.24, 2.45) is 7.05 Å². The molecule has 3 heterocycles. The standard InChI is InChI=1S/C12H11N3O3S2/c1-15-5-4-13-12(15)20(16,17)8-9-7-19-11(14-9)10-3-2-6-18-10/h2-7H,8H2,1H3. The molecule has 6 nitrogen and oxygen atoms in total. The second kappa shape index (κ2) is 4.88. The van der Waals surface area contributed by atoms with Gasteiger partial charge in [-0.05, 0) is 12.1 Å². The molecule has 104 valence electrons. The van der Waals surface area contributed by atoms with Gasteiger partial charge in [-0.1, -0.05) is 0 Å². The molecule has 0 saturated carbocycles. The van der Waals surface area contributed by atoms with Crippen molar-refractivity contribution in [3.05, 3.63) is 41.9 Å². The van der Waals surface area contributed by atoms with Crippen molar-refractivity contribution >= 4 is 21.2 Å². The molecule has 0 unspecified atom stereocenters. The largest absolute Gasteiger partial charge is 0.462 e. The van der Waals surface area contributed by atoms with E-state index in [-0.39, 0.29) is 10.9 Å². The normalized spacial score (nSPS) is 11.8. The number of aromatic nitrogens is 3. The first-order chi connectivity index (χ1) is 9.56. The van der Waals surface area contributed by atoms with Gasteiger partial charge < -0.3 is 8.98 Å². The summed E-state index contributed by atoms with van der Waals surface area (Å²) in [5.74, 6) is 0.463. The molecule has 3 aromatic heterocycles. The van der Waals surface area contributed by atoms with Crippen molar-refractivity contribution in [1.29, 1.82) is 0 Å². The number of thiazole rings is 1. The highest BCUT2D eigenvalue weighted by atomic mass is 32.2. The fourth-order valence-electron chi connectivity index (χ4n) is 1.80. The van der Waals surface area contributed by atoms with Gasteiger partial charge in [0.05, 0.1) is 12.0 Å². The molecule has 0 aromatic carbocycles. The van der Waals surface area contributed by atoms with Gasteiger partial charge in [0.15, 0.2) is 10.8 Å². The molecular weight excluding hydrogens is 298 g/mol. The highest BCUT2D eigenvalue weighted by Crippen LogP contribution is 2.25. The first-order valence-electron chi connectivity index (χ1n) is 5.74. The third-order valence-corrected chi connectivity index (χ3v) is 5.21. The van der Waals surface area contributed by atoms with Crippen molar-refractivity contribution in [2.45, 2.75) is 10.9 Å². The van der Waals surface area contributed by atoms with Crippen LogP contribution in [0.2, 0.25) is 0 Å². The van der Waals surface area contributed by atoms with Crippen LogP contribution in [0.5, 0.6) is 0 Å². The minimum atomic E-state index is -3.49.